The van der Waals surface area contributed by atoms with Crippen molar-refractivity contribution in [2.45, 2.75) is 18.9 Å². The average molecular weight is 285 g/mol. The molecule has 0 saturated heterocycles. The van der Waals surface area contributed by atoms with Gasteiger partial charge in [-0.05, 0) is 24.6 Å². The summed E-state index contributed by atoms with van der Waals surface area (Å²) >= 11 is 3.31. The molecule has 1 atom stereocenters. The molecule has 84 valence electrons. The topological polar surface area (TPSA) is 63.6 Å². The number of halogens is 1. The lowest BCUT2D eigenvalue weighted by Gasteiger charge is -2.31. The van der Waals surface area contributed by atoms with Gasteiger partial charge in [-0.3, -0.25) is 0 Å². The quantitative estimate of drug-likeness (QED) is 0.802. The highest BCUT2D eigenvalue weighted by molar-refractivity contribution is 9.10. The van der Waals surface area contributed by atoms with Crippen LogP contribution in [-0.2, 0) is 16.0 Å². The zero-order chi connectivity index (χ0) is 11.9. The highest BCUT2D eigenvalue weighted by atomic mass is 79.9. The highest BCUT2D eigenvalue weighted by Gasteiger charge is 2.43. The molecule has 1 N–H and O–H groups in total. The summed E-state index contributed by atoms with van der Waals surface area (Å²) < 4.78 is 5.69. The summed E-state index contributed by atoms with van der Waals surface area (Å²) in [7, 11) is 0. The molecule has 5 heteroatoms. The number of rotatable bonds is 1. The number of hydrogen-bond acceptors (Lipinski definition) is 3. The normalized spacial score (nSPS) is 23.5. The maximum atomic E-state index is 11.7. The fourth-order valence-corrected chi connectivity index (χ4v) is 2.19. The molecule has 0 amide bonds. The molecule has 0 aromatic heterocycles. The summed E-state index contributed by atoms with van der Waals surface area (Å²) in [6.07, 6.45) is 0.171. The number of fused-ring (bicyclic) bond motifs is 1. The molecule has 4 nitrogen and oxygen atoms in total. The minimum atomic E-state index is -1.48. The summed E-state index contributed by atoms with van der Waals surface area (Å²) in [5, 5.41) is 9.04. The van der Waals surface area contributed by atoms with E-state index in [0.29, 0.717) is 11.1 Å². The Hall–Kier alpha value is -1.36. The van der Waals surface area contributed by atoms with Crippen LogP contribution in [0.15, 0.2) is 22.7 Å². The predicted molar refractivity (Wildman–Crippen MR) is 59.3 cm³/mol. The number of benzene rings is 1. The van der Waals surface area contributed by atoms with Gasteiger partial charge < -0.3 is 9.84 Å². The molecule has 2 rings (SSSR count). The first-order chi connectivity index (χ1) is 7.44. The van der Waals surface area contributed by atoms with Crippen LogP contribution in [0.2, 0.25) is 0 Å². The second-order valence-corrected chi connectivity index (χ2v) is 4.72. The maximum Gasteiger partial charge on any atom is 0.348 e. The van der Waals surface area contributed by atoms with Gasteiger partial charge in [0.1, 0.15) is 0 Å². The number of cyclic esters (lactones) is 1. The first-order valence-corrected chi connectivity index (χ1v) is 5.47. The molecule has 0 fully saturated rings. The lowest BCUT2D eigenvalue weighted by Crippen LogP contribution is -2.45. The van der Waals surface area contributed by atoms with Gasteiger partial charge in [-0.15, -0.1) is 0 Å². The Morgan fingerprint density at radius 1 is 1.56 bits per heavy atom. The standard InChI is InChI=1S/C11H9BrO4/c1-11(10(14)15)5-7-6(9(13)16-11)3-2-4-8(7)12/h2-4H,5H2,1H3,(H,14,15). The van der Waals surface area contributed by atoms with Crippen molar-refractivity contribution in [1.82, 2.24) is 0 Å². The molecule has 1 aliphatic rings. The number of hydrogen-bond donors (Lipinski definition) is 1. The Balaban J connectivity index is 2.54. The molecule has 0 saturated carbocycles. The Morgan fingerprint density at radius 3 is 2.88 bits per heavy atom. The minimum absolute atomic E-state index is 0.171. The SMILES string of the molecule is CC1(C(=O)O)Cc2c(Br)cccc2C(=O)O1. The molecule has 1 aromatic carbocycles. The Labute approximate surface area is 100 Å². The van der Waals surface area contributed by atoms with Crippen LogP contribution >= 0.6 is 15.9 Å². The molecule has 0 bridgehead atoms. The summed E-state index contributed by atoms with van der Waals surface area (Å²) in [4.78, 5) is 22.7. The first kappa shape index (κ1) is 11.1. The molecule has 1 unspecified atom stereocenters. The fraction of sp³-hybridized carbons (Fsp3) is 0.273. The van der Waals surface area contributed by atoms with E-state index in [1.165, 1.54) is 6.92 Å². The Morgan fingerprint density at radius 2 is 2.25 bits per heavy atom. The van der Waals surface area contributed by atoms with Crippen LogP contribution < -0.4 is 0 Å². The predicted octanol–water partition coefficient (Wildman–Crippen LogP) is 2.01. The number of ether oxygens (including phenoxy) is 1. The largest absolute Gasteiger partial charge is 0.478 e. The molecular weight excluding hydrogens is 276 g/mol. The van der Waals surface area contributed by atoms with E-state index in [2.05, 4.69) is 15.9 Å². The molecular formula is C11H9BrO4. The number of carboxylic acid groups (broad SMARTS) is 1. The summed E-state index contributed by atoms with van der Waals surface area (Å²) in [6.45, 7) is 1.40. The number of carbonyl (C=O) groups is 2. The van der Waals surface area contributed by atoms with E-state index < -0.39 is 17.5 Å². The molecule has 0 aliphatic carbocycles. The van der Waals surface area contributed by atoms with Gasteiger partial charge in [0.2, 0.25) is 5.60 Å². The van der Waals surface area contributed by atoms with Gasteiger partial charge in [0.05, 0.1) is 5.56 Å². The third-order valence-electron chi connectivity index (χ3n) is 2.62. The lowest BCUT2D eigenvalue weighted by atomic mass is 9.90. The van der Waals surface area contributed by atoms with Gasteiger partial charge in [0.15, 0.2) is 0 Å². The van der Waals surface area contributed by atoms with Crippen LogP contribution in [0.5, 0.6) is 0 Å². The van der Waals surface area contributed by atoms with Crippen molar-refractivity contribution in [3.05, 3.63) is 33.8 Å². The number of esters is 1. The van der Waals surface area contributed by atoms with Crippen molar-refractivity contribution >= 4 is 27.9 Å². The van der Waals surface area contributed by atoms with Crippen LogP contribution in [0.25, 0.3) is 0 Å². The van der Waals surface area contributed by atoms with Crippen molar-refractivity contribution in [2.24, 2.45) is 0 Å². The third kappa shape index (κ3) is 1.61. The van der Waals surface area contributed by atoms with Gasteiger partial charge >= 0.3 is 11.9 Å². The van der Waals surface area contributed by atoms with E-state index in [9.17, 15) is 9.59 Å². The summed E-state index contributed by atoms with van der Waals surface area (Å²) in [5.74, 6) is -1.73. The number of carboxylic acids is 1. The molecule has 16 heavy (non-hydrogen) atoms. The Bertz CT molecular complexity index is 483. The van der Waals surface area contributed by atoms with Gasteiger partial charge in [0, 0.05) is 10.9 Å². The van der Waals surface area contributed by atoms with E-state index in [1.807, 2.05) is 0 Å². The second kappa shape index (κ2) is 3.59. The van der Waals surface area contributed by atoms with Crippen molar-refractivity contribution < 1.29 is 19.4 Å². The van der Waals surface area contributed by atoms with Gasteiger partial charge in [-0.25, -0.2) is 9.59 Å². The smallest absolute Gasteiger partial charge is 0.348 e. The van der Waals surface area contributed by atoms with Crippen molar-refractivity contribution in [2.75, 3.05) is 0 Å². The zero-order valence-corrected chi connectivity index (χ0v) is 10.1. The van der Waals surface area contributed by atoms with Gasteiger partial charge in [-0.2, -0.15) is 0 Å². The Kier molecular flexibility index (Phi) is 2.50. The van der Waals surface area contributed by atoms with E-state index in [1.54, 1.807) is 18.2 Å². The minimum Gasteiger partial charge on any atom is -0.478 e. The summed E-state index contributed by atoms with van der Waals surface area (Å²) in [5.41, 5.74) is -0.370. The van der Waals surface area contributed by atoms with Crippen LogP contribution in [0.3, 0.4) is 0 Å². The summed E-state index contributed by atoms with van der Waals surface area (Å²) in [6, 6.07) is 5.12. The second-order valence-electron chi connectivity index (χ2n) is 3.87. The van der Waals surface area contributed by atoms with E-state index in [-0.39, 0.29) is 6.42 Å². The van der Waals surface area contributed by atoms with Crippen molar-refractivity contribution in [3.63, 3.8) is 0 Å². The van der Waals surface area contributed by atoms with Gasteiger partial charge in [-0.1, -0.05) is 22.0 Å². The van der Waals surface area contributed by atoms with E-state index >= 15 is 0 Å². The number of aliphatic carboxylic acids is 1. The first-order valence-electron chi connectivity index (χ1n) is 4.68. The van der Waals surface area contributed by atoms with E-state index in [0.717, 1.165) is 4.47 Å². The molecule has 1 heterocycles. The maximum absolute atomic E-state index is 11.7. The lowest BCUT2D eigenvalue weighted by molar-refractivity contribution is -0.158. The van der Waals surface area contributed by atoms with Crippen LogP contribution in [0.4, 0.5) is 0 Å². The molecule has 1 aliphatic heterocycles. The van der Waals surface area contributed by atoms with Gasteiger partial charge in [0.25, 0.3) is 0 Å². The fourth-order valence-electron chi connectivity index (χ4n) is 1.68. The van der Waals surface area contributed by atoms with Crippen molar-refractivity contribution in [3.8, 4) is 0 Å². The molecule has 0 spiro atoms. The molecule has 0 radical (unpaired) electrons. The highest BCUT2D eigenvalue weighted by Crippen LogP contribution is 2.32. The van der Waals surface area contributed by atoms with Crippen molar-refractivity contribution in [1.29, 1.82) is 0 Å². The molecule has 1 aromatic rings. The average Bonchev–Trinajstić information content (AvgIpc) is 2.19. The third-order valence-corrected chi connectivity index (χ3v) is 3.37. The monoisotopic (exact) mass is 284 g/mol. The zero-order valence-electron chi connectivity index (χ0n) is 8.49. The van der Waals surface area contributed by atoms with Crippen LogP contribution in [0, 0.1) is 0 Å². The van der Waals surface area contributed by atoms with E-state index in [4.69, 9.17) is 9.84 Å². The van der Waals surface area contributed by atoms with Crippen LogP contribution in [-0.4, -0.2) is 22.6 Å². The van der Waals surface area contributed by atoms with Crippen LogP contribution in [0.1, 0.15) is 22.8 Å². The number of carbonyl (C=O) groups excluding carboxylic acids is 1.